The molecule has 25 heavy (non-hydrogen) atoms. The number of nitro groups is 1. The van der Waals surface area contributed by atoms with Crippen molar-refractivity contribution in [3.05, 3.63) is 57.6 Å². The molecule has 0 saturated carbocycles. The number of ether oxygens (including phenoxy) is 1. The summed E-state index contributed by atoms with van der Waals surface area (Å²) in [7, 11) is 0. The molecule has 0 spiro atoms. The third kappa shape index (κ3) is 3.27. The summed E-state index contributed by atoms with van der Waals surface area (Å²) < 4.78 is 5.45. The Balaban J connectivity index is 1.80. The van der Waals surface area contributed by atoms with Gasteiger partial charge in [-0.05, 0) is 44.2 Å². The summed E-state index contributed by atoms with van der Waals surface area (Å²) in [6.45, 7) is 3.22. The van der Waals surface area contributed by atoms with E-state index < -0.39 is 16.9 Å². The van der Waals surface area contributed by atoms with Crippen molar-refractivity contribution >= 4 is 28.9 Å². The zero-order valence-corrected chi connectivity index (χ0v) is 13.5. The lowest BCUT2D eigenvalue weighted by Crippen LogP contribution is -2.34. The van der Waals surface area contributed by atoms with Crippen LogP contribution >= 0.6 is 0 Å². The van der Waals surface area contributed by atoms with Crippen LogP contribution in [0.3, 0.4) is 0 Å². The fraction of sp³-hybridized carbons (Fsp3) is 0.176. The molecule has 1 heterocycles. The van der Waals surface area contributed by atoms with E-state index in [9.17, 15) is 19.7 Å². The lowest BCUT2D eigenvalue weighted by Gasteiger charge is -2.23. The van der Waals surface area contributed by atoms with Gasteiger partial charge in [0.05, 0.1) is 10.6 Å². The number of nitro benzene ring substituents is 1. The first kappa shape index (κ1) is 16.4. The van der Waals surface area contributed by atoms with Crippen molar-refractivity contribution in [2.24, 2.45) is 0 Å². The van der Waals surface area contributed by atoms with Crippen molar-refractivity contribution in [2.75, 3.05) is 10.6 Å². The molecule has 0 fully saturated rings. The van der Waals surface area contributed by atoms with Crippen molar-refractivity contribution in [3.8, 4) is 5.75 Å². The summed E-state index contributed by atoms with van der Waals surface area (Å²) >= 11 is 0. The molecule has 1 aliphatic rings. The number of rotatable bonds is 3. The summed E-state index contributed by atoms with van der Waals surface area (Å²) in [6, 6.07) is 9.05. The smallest absolute Gasteiger partial charge is 0.272 e. The number of aryl methyl sites for hydroxylation is 1. The number of carbonyl (C=O) groups is 2. The molecule has 2 aromatic rings. The molecule has 0 saturated heterocycles. The number of nitrogens with zero attached hydrogens (tertiary/aromatic N) is 1. The Hall–Kier alpha value is -3.42. The van der Waals surface area contributed by atoms with Crippen LogP contribution in [-0.2, 0) is 4.79 Å². The van der Waals surface area contributed by atoms with Gasteiger partial charge < -0.3 is 15.4 Å². The van der Waals surface area contributed by atoms with E-state index in [0.29, 0.717) is 28.3 Å². The first-order valence-corrected chi connectivity index (χ1v) is 7.53. The molecule has 128 valence electrons. The number of hydrogen-bond acceptors (Lipinski definition) is 5. The third-order valence-corrected chi connectivity index (χ3v) is 3.82. The summed E-state index contributed by atoms with van der Waals surface area (Å²) in [6.07, 6.45) is -0.573. The summed E-state index contributed by atoms with van der Waals surface area (Å²) in [5, 5.41) is 16.2. The SMILES string of the molecule is Cc1cc(C(=O)Nc2ccc3c(c2)NC(=O)C(C)O3)ccc1[N+](=O)[O-]. The Morgan fingerprint density at radius 1 is 1.28 bits per heavy atom. The van der Waals surface area contributed by atoms with Crippen molar-refractivity contribution in [1.82, 2.24) is 0 Å². The first-order valence-electron chi connectivity index (χ1n) is 7.53. The molecule has 0 radical (unpaired) electrons. The monoisotopic (exact) mass is 341 g/mol. The fourth-order valence-corrected chi connectivity index (χ4v) is 2.49. The van der Waals surface area contributed by atoms with Crippen molar-refractivity contribution in [3.63, 3.8) is 0 Å². The highest BCUT2D eigenvalue weighted by Gasteiger charge is 2.23. The second-order valence-corrected chi connectivity index (χ2v) is 5.67. The normalized spacial score (nSPS) is 15.6. The highest BCUT2D eigenvalue weighted by Crippen LogP contribution is 2.32. The van der Waals surface area contributed by atoms with Crippen molar-refractivity contribution in [2.45, 2.75) is 20.0 Å². The molecule has 0 aromatic heterocycles. The quantitative estimate of drug-likeness (QED) is 0.659. The summed E-state index contributed by atoms with van der Waals surface area (Å²) in [5.74, 6) is -0.146. The number of anilines is 2. The maximum atomic E-state index is 12.3. The zero-order valence-electron chi connectivity index (χ0n) is 13.5. The van der Waals surface area contributed by atoms with Crippen LogP contribution in [0.1, 0.15) is 22.8 Å². The van der Waals surface area contributed by atoms with E-state index in [2.05, 4.69) is 10.6 Å². The average molecular weight is 341 g/mol. The Labute approximate surface area is 142 Å². The van der Waals surface area contributed by atoms with Gasteiger partial charge in [-0.3, -0.25) is 19.7 Å². The van der Waals surface area contributed by atoms with Gasteiger partial charge in [-0.15, -0.1) is 0 Å². The van der Waals surface area contributed by atoms with Gasteiger partial charge in [0.1, 0.15) is 5.75 Å². The minimum absolute atomic E-state index is 0.0423. The molecule has 0 aliphatic carbocycles. The standard InChI is InChI=1S/C17H15N3O5/c1-9-7-11(3-5-14(9)20(23)24)17(22)18-12-4-6-15-13(8-12)19-16(21)10(2)25-15/h3-8,10H,1-2H3,(H,18,22)(H,19,21). The van der Waals surface area contributed by atoms with Crippen LogP contribution in [0.25, 0.3) is 0 Å². The molecule has 1 aliphatic heterocycles. The lowest BCUT2D eigenvalue weighted by molar-refractivity contribution is -0.385. The van der Waals surface area contributed by atoms with Crippen LogP contribution < -0.4 is 15.4 Å². The highest BCUT2D eigenvalue weighted by atomic mass is 16.6. The molecule has 0 bridgehead atoms. The van der Waals surface area contributed by atoms with Crippen LogP contribution in [-0.4, -0.2) is 22.8 Å². The van der Waals surface area contributed by atoms with Crippen LogP contribution in [0.2, 0.25) is 0 Å². The number of fused-ring (bicyclic) bond motifs is 1. The number of nitrogens with one attached hydrogen (secondary N) is 2. The van der Waals surface area contributed by atoms with Crippen LogP contribution in [0, 0.1) is 17.0 Å². The Kier molecular flexibility index (Phi) is 4.10. The maximum absolute atomic E-state index is 12.3. The Morgan fingerprint density at radius 3 is 2.72 bits per heavy atom. The largest absolute Gasteiger partial charge is 0.479 e. The van der Waals surface area contributed by atoms with E-state index in [-0.39, 0.29) is 11.6 Å². The second kappa shape index (κ2) is 6.23. The number of hydrogen-bond donors (Lipinski definition) is 2. The van der Waals surface area contributed by atoms with E-state index >= 15 is 0 Å². The van der Waals surface area contributed by atoms with Gasteiger partial charge in [-0.1, -0.05) is 0 Å². The van der Waals surface area contributed by atoms with E-state index in [1.54, 1.807) is 32.0 Å². The minimum Gasteiger partial charge on any atom is -0.479 e. The predicted octanol–water partition coefficient (Wildman–Crippen LogP) is 2.87. The van der Waals surface area contributed by atoms with Gasteiger partial charge in [0.15, 0.2) is 6.10 Å². The number of carbonyl (C=O) groups excluding carboxylic acids is 2. The molecule has 2 amide bonds. The first-order chi connectivity index (χ1) is 11.8. The molecule has 2 N–H and O–H groups in total. The van der Waals surface area contributed by atoms with Gasteiger partial charge in [-0.2, -0.15) is 0 Å². The average Bonchev–Trinajstić information content (AvgIpc) is 2.55. The Bertz CT molecular complexity index is 894. The van der Waals surface area contributed by atoms with Gasteiger partial charge in [0.25, 0.3) is 17.5 Å². The van der Waals surface area contributed by atoms with E-state index in [0.717, 1.165) is 0 Å². The molecule has 1 atom stereocenters. The highest BCUT2D eigenvalue weighted by molar-refractivity contribution is 6.05. The van der Waals surface area contributed by atoms with Gasteiger partial charge in [0, 0.05) is 22.9 Å². The molecule has 1 unspecified atom stereocenters. The van der Waals surface area contributed by atoms with Gasteiger partial charge in [0.2, 0.25) is 0 Å². The Morgan fingerprint density at radius 2 is 2.04 bits per heavy atom. The molecular formula is C17H15N3O5. The molecular weight excluding hydrogens is 326 g/mol. The van der Waals surface area contributed by atoms with Crippen LogP contribution in [0.4, 0.5) is 17.1 Å². The summed E-state index contributed by atoms with van der Waals surface area (Å²) in [4.78, 5) is 34.3. The predicted molar refractivity (Wildman–Crippen MR) is 90.9 cm³/mol. The van der Waals surface area contributed by atoms with Gasteiger partial charge >= 0.3 is 0 Å². The molecule has 3 rings (SSSR count). The molecule has 2 aromatic carbocycles. The van der Waals surface area contributed by atoms with E-state index in [1.165, 1.54) is 18.2 Å². The van der Waals surface area contributed by atoms with Crippen LogP contribution in [0.5, 0.6) is 5.75 Å². The topological polar surface area (TPSA) is 111 Å². The van der Waals surface area contributed by atoms with E-state index in [4.69, 9.17) is 4.74 Å². The third-order valence-electron chi connectivity index (χ3n) is 3.82. The number of amides is 2. The van der Waals surface area contributed by atoms with Crippen molar-refractivity contribution in [1.29, 1.82) is 0 Å². The van der Waals surface area contributed by atoms with E-state index in [1.807, 2.05) is 0 Å². The van der Waals surface area contributed by atoms with Crippen LogP contribution in [0.15, 0.2) is 36.4 Å². The minimum atomic E-state index is -0.573. The molecule has 8 nitrogen and oxygen atoms in total. The summed E-state index contributed by atoms with van der Waals surface area (Å²) in [5.41, 5.74) is 1.60. The van der Waals surface area contributed by atoms with Gasteiger partial charge in [-0.25, -0.2) is 0 Å². The second-order valence-electron chi connectivity index (χ2n) is 5.67. The zero-order chi connectivity index (χ0) is 18.1. The lowest BCUT2D eigenvalue weighted by atomic mass is 10.1. The number of benzene rings is 2. The maximum Gasteiger partial charge on any atom is 0.272 e. The van der Waals surface area contributed by atoms with Crippen molar-refractivity contribution < 1.29 is 19.2 Å². The fourth-order valence-electron chi connectivity index (χ4n) is 2.49. The molecule has 8 heteroatoms.